The van der Waals surface area contributed by atoms with Gasteiger partial charge in [-0.25, -0.2) is 9.97 Å². The van der Waals surface area contributed by atoms with Crippen molar-refractivity contribution in [1.29, 1.82) is 0 Å². The molecule has 9 nitrogen and oxygen atoms in total. The topological polar surface area (TPSA) is 86.7 Å². The molecular formula is C36H55N7O2. The SMILES string of the molecule is CC.CCN(c1cccc(C(=O)N(C)C)n1)c1nc(NC2=CC(C)=C(C3CCN(C)CC3)C=CC2)ncc1[C@H](C)COC(C)C. The first-order valence-corrected chi connectivity index (χ1v) is 16.6. The van der Waals surface area contributed by atoms with Gasteiger partial charge in [0.25, 0.3) is 5.91 Å². The van der Waals surface area contributed by atoms with E-state index in [4.69, 9.17) is 19.7 Å². The normalized spacial score (nSPS) is 16.5. The van der Waals surface area contributed by atoms with Crippen molar-refractivity contribution in [2.75, 3.05) is 57.6 Å². The van der Waals surface area contributed by atoms with Gasteiger partial charge in [0, 0.05) is 50.4 Å². The first kappa shape index (κ1) is 35.9. The van der Waals surface area contributed by atoms with Crippen molar-refractivity contribution in [3.8, 4) is 0 Å². The number of hydrogen-bond acceptors (Lipinski definition) is 8. The smallest absolute Gasteiger partial charge is 0.272 e. The van der Waals surface area contributed by atoms with E-state index in [9.17, 15) is 4.79 Å². The summed E-state index contributed by atoms with van der Waals surface area (Å²) in [4.78, 5) is 33.3. The molecule has 1 amide bonds. The van der Waals surface area contributed by atoms with Gasteiger partial charge in [-0.1, -0.05) is 39.0 Å². The standard InChI is InChI=1S/C34H49N7O2.C2H6/c1-9-41(31-15-11-14-30(37-31)33(42)39(6)7)32-29(25(5)22-43-23(2)3)21-35-34(38-32)36-27-12-10-13-28(24(4)20-27)26-16-18-40(8)19-17-26;1-2/h10-11,13-15,20-21,23,25-26H,9,12,16-19,22H2,1-8H3,(H,35,36,38);1-2H3/t25-;/m1./s1. The van der Waals surface area contributed by atoms with Crippen LogP contribution in [0.2, 0.25) is 0 Å². The van der Waals surface area contributed by atoms with E-state index in [-0.39, 0.29) is 17.9 Å². The molecule has 0 unspecified atom stereocenters. The molecule has 246 valence electrons. The maximum Gasteiger partial charge on any atom is 0.272 e. The molecule has 45 heavy (non-hydrogen) atoms. The molecule has 1 N–H and O–H groups in total. The second-order valence-corrected chi connectivity index (χ2v) is 12.2. The number of carbonyl (C=O) groups excluding carboxylic acids is 1. The molecule has 2 aromatic heterocycles. The Hall–Kier alpha value is -3.56. The van der Waals surface area contributed by atoms with E-state index in [2.05, 4.69) is 56.3 Å². The molecule has 1 aliphatic carbocycles. The number of ether oxygens (including phenoxy) is 1. The van der Waals surface area contributed by atoms with Gasteiger partial charge in [-0.2, -0.15) is 4.98 Å². The lowest BCUT2D eigenvalue weighted by Gasteiger charge is -2.30. The quantitative estimate of drug-likeness (QED) is 0.283. The number of anilines is 3. The Kier molecular flexibility index (Phi) is 13.7. The number of nitrogens with zero attached hydrogens (tertiary/aromatic N) is 6. The Bertz CT molecular complexity index is 1360. The Morgan fingerprint density at radius 3 is 2.49 bits per heavy atom. The Labute approximate surface area is 271 Å². The van der Waals surface area contributed by atoms with Crippen LogP contribution in [0, 0.1) is 5.92 Å². The molecule has 9 heteroatoms. The number of nitrogens with one attached hydrogen (secondary N) is 1. The first-order valence-electron chi connectivity index (χ1n) is 16.6. The van der Waals surface area contributed by atoms with Crippen LogP contribution in [0.5, 0.6) is 0 Å². The predicted molar refractivity (Wildman–Crippen MR) is 186 cm³/mol. The minimum absolute atomic E-state index is 0.0504. The van der Waals surface area contributed by atoms with Gasteiger partial charge in [0.05, 0.1) is 12.7 Å². The highest BCUT2D eigenvalue weighted by molar-refractivity contribution is 5.92. The fourth-order valence-electron chi connectivity index (χ4n) is 5.63. The van der Waals surface area contributed by atoms with Crippen molar-refractivity contribution in [3.63, 3.8) is 0 Å². The molecule has 1 atom stereocenters. The maximum atomic E-state index is 12.7. The van der Waals surface area contributed by atoms with E-state index in [1.807, 2.05) is 50.9 Å². The lowest BCUT2D eigenvalue weighted by Crippen LogP contribution is -2.30. The zero-order valence-corrected chi connectivity index (χ0v) is 29.2. The molecule has 0 spiro atoms. The monoisotopic (exact) mass is 617 g/mol. The van der Waals surface area contributed by atoms with E-state index in [0.717, 1.165) is 36.6 Å². The van der Waals surface area contributed by atoms with E-state index >= 15 is 0 Å². The van der Waals surface area contributed by atoms with Crippen LogP contribution >= 0.6 is 0 Å². The number of hydrogen-bond donors (Lipinski definition) is 1. The summed E-state index contributed by atoms with van der Waals surface area (Å²) in [5.74, 6) is 2.46. The average Bonchev–Trinajstić information content (AvgIpc) is 3.21. The molecular weight excluding hydrogens is 562 g/mol. The molecule has 2 aromatic rings. The van der Waals surface area contributed by atoms with E-state index in [1.165, 1.54) is 28.9 Å². The summed E-state index contributed by atoms with van der Waals surface area (Å²) in [5, 5.41) is 3.52. The molecule has 0 aromatic carbocycles. The predicted octanol–water partition coefficient (Wildman–Crippen LogP) is 7.20. The van der Waals surface area contributed by atoms with Crippen molar-refractivity contribution in [1.82, 2.24) is 24.8 Å². The Balaban J connectivity index is 0.00000271. The number of pyridine rings is 1. The van der Waals surface area contributed by atoms with Crippen molar-refractivity contribution >= 4 is 23.5 Å². The summed E-state index contributed by atoms with van der Waals surface area (Å²) in [6.45, 7) is 17.9. The van der Waals surface area contributed by atoms with Crippen molar-refractivity contribution in [3.05, 3.63) is 70.7 Å². The van der Waals surface area contributed by atoms with Gasteiger partial charge in [-0.15, -0.1) is 0 Å². The van der Waals surface area contributed by atoms with Crippen LogP contribution in [-0.4, -0.2) is 84.1 Å². The van der Waals surface area contributed by atoms with E-state index in [1.54, 1.807) is 20.2 Å². The number of piperidine rings is 1. The minimum Gasteiger partial charge on any atom is -0.378 e. The fourth-order valence-corrected chi connectivity index (χ4v) is 5.63. The van der Waals surface area contributed by atoms with Crippen LogP contribution in [-0.2, 0) is 4.74 Å². The largest absolute Gasteiger partial charge is 0.378 e. The molecule has 4 rings (SSSR count). The molecule has 2 aliphatic rings. The van der Waals surface area contributed by atoms with Crippen molar-refractivity contribution in [2.24, 2.45) is 5.92 Å². The minimum atomic E-state index is -0.140. The highest BCUT2D eigenvalue weighted by Crippen LogP contribution is 2.33. The third kappa shape index (κ3) is 9.71. The first-order chi connectivity index (χ1) is 21.6. The number of likely N-dealkylation sites (tertiary alicyclic amines) is 1. The van der Waals surface area contributed by atoms with E-state index in [0.29, 0.717) is 36.5 Å². The number of aromatic nitrogens is 3. The molecule has 1 saturated heterocycles. The third-order valence-electron chi connectivity index (χ3n) is 8.13. The van der Waals surface area contributed by atoms with Gasteiger partial charge >= 0.3 is 0 Å². The fraction of sp³-hybridized carbons (Fsp3) is 0.556. The van der Waals surface area contributed by atoms with Crippen LogP contribution < -0.4 is 10.2 Å². The Morgan fingerprint density at radius 1 is 1.13 bits per heavy atom. The summed E-state index contributed by atoms with van der Waals surface area (Å²) < 4.78 is 5.97. The summed E-state index contributed by atoms with van der Waals surface area (Å²) in [7, 11) is 5.67. The molecule has 3 heterocycles. The molecule has 0 bridgehead atoms. The van der Waals surface area contributed by atoms with Gasteiger partial charge in [0.2, 0.25) is 5.95 Å². The van der Waals surface area contributed by atoms with Gasteiger partial charge < -0.3 is 24.8 Å². The molecule has 1 aliphatic heterocycles. The second-order valence-electron chi connectivity index (χ2n) is 12.2. The summed E-state index contributed by atoms with van der Waals surface area (Å²) in [6, 6.07) is 5.53. The maximum absolute atomic E-state index is 12.7. The number of rotatable bonds is 11. The van der Waals surface area contributed by atoms with Gasteiger partial charge in [0.15, 0.2) is 0 Å². The number of allylic oxidation sites excluding steroid dienone is 5. The summed E-state index contributed by atoms with van der Waals surface area (Å²) >= 11 is 0. The van der Waals surface area contributed by atoms with Crippen LogP contribution in [0.25, 0.3) is 0 Å². The zero-order valence-electron chi connectivity index (χ0n) is 29.2. The molecule has 1 fully saturated rings. The molecule has 0 radical (unpaired) electrons. The van der Waals surface area contributed by atoms with Crippen LogP contribution in [0.1, 0.15) is 89.7 Å². The van der Waals surface area contributed by atoms with Crippen molar-refractivity contribution < 1.29 is 9.53 Å². The van der Waals surface area contributed by atoms with Crippen LogP contribution in [0.4, 0.5) is 17.6 Å². The third-order valence-corrected chi connectivity index (χ3v) is 8.13. The number of carbonyl (C=O) groups is 1. The molecule has 0 saturated carbocycles. The van der Waals surface area contributed by atoms with Crippen LogP contribution in [0.15, 0.2) is 59.5 Å². The summed E-state index contributed by atoms with van der Waals surface area (Å²) in [6.07, 6.45) is 12.0. The lowest BCUT2D eigenvalue weighted by molar-refractivity contribution is 0.0702. The van der Waals surface area contributed by atoms with Gasteiger partial charge in [-0.05, 0) is 95.9 Å². The summed E-state index contributed by atoms with van der Waals surface area (Å²) in [5.41, 5.74) is 5.16. The zero-order chi connectivity index (χ0) is 33.1. The second kappa shape index (κ2) is 17.2. The van der Waals surface area contributed by atoms with Gasteiger partial charge in [0.1, 0.15) is 17.3 Å². The number of amides is 1. The highest BCUT2D eigenvalue weighted by Gasteiger charge is 2.24. The van der Waals surface area contributed by atoms with Crippen LogP contribution in [0.3, 0.4) is 0 Å². The lowest BCUT2D eigenvalue weighted by atomic mass is 9.86. The Morgan fingerprint density at radius 2 is 1.84 bits per heavy atom. The van der Waals surface area contributed by atoms with Gasteiger partial charge in [-0.3, -0.25) is 4.79 Å². The highest BCUT2D eigenvalue weighted by atomic mass is 16.5. The van der Waals surface area contributed by atoms with E-state index < -0.39 is 0 Å². The van der Waals surface area contributed by atoms with Crippen molar-refractivity contribution in [2.45, 2.75) is 79.8 Å². The average molecular weight is 618 g/mol.